The molecule has 354 valence electrons. The largest absolute Gasteiger partial charge is 0.493 e. The first-order valence-corrected chi connectivity index (χ1v) is 23.5. The van der Waals surface area contributed by atoms with Crippen LogP contribution < -0.4 is 24.8 Å². The molecule has 0 saturated carbocycles. The van der Waals surface area contributed by atoms with Crippen LogP contribution in [0, 0.1) is 0 Å². The molecule has 1 aromatic heterocycles. The van der Waals surface area contributed by atoms with E-state index in [4.69, 9.17) is 18.9 Å². The van der Waals surface area contributed by atoms with Gasteiger partial charge < -0.3 is 48.3 Å². The lowest BCUT2D eigenvalue weighted by molar-refractivity contribution is -0.137. The fourth-order valence-corrected chi connectivity index (χ4v) is 7.94. The zero-order chi connectivity index (χ0) is 47.2. The fraction of sp³-hybridized carbons (Fsp3) is 0.396. The smallest absolute Gasteiger partial charge is 0.303 e. The summed E-state index contributed by atoms with van der Waals surface area (Å²) in [7, 11) is -3.90. The van der Waals surface area contributed by atoms with Gasteiger partial charge in [0.1, 0.15) is 28.1 Å². The zero-order valence-electron chi connectivity index (χ0n) is 37.0. The molecule has 0 atom stereocenters. The molecule has 0 bridgehead atoms. The fourth-order valence-electron chi connectivity index (χ4n) is 7.19. The lowest BCUT2D eigenvalue weighted by Crippen LogP contribution is -2.30. The molecule has 4 aromatic rings. The number of azo groups is 1. The molecule has 0 radical (unpaired) electrons. The number of rotatable bonds is 29. The molecular weight excluding hydrogens is 871 g/mol. The number of Topliss-reactive ketones (excluding diaryl/α,β-unsaturated/α-hetero) is 1. The van der Waals surface area contributed by atoms with Crippen LogP contribution in [0.25, 0.3) is 0 Å². The number of amides is 2. The van der Waals surface area contributed by atoms with E-state index in [9.17, 15) is 37.9 Å². The predicted octanol–water partition coefficient (Wildman–Crippen LogP) is 8.56. The van der Waals surface area contributed by atoms with E-state index in [1.807, 2.05) is 18.2 Å². The molecular formula is C48H59N5O12S. The summed E-state index contributed by atoms with van der Waals surface area (Å²) in [6.07, 6.45) is 9.35. The van der Waals surface area contributed by atoms with Crippen LogP contribution in [0.1, 0.15) is 94.3 Å². The molecule has 0 fully saturated rings. The number of aliphatic carboxylic acids is 1. The molecule has 0 saturated heterocycles. The molecule has 66 heavy (non-hydrogen) atoms. The molecule has 6 N–H and O–H groups in total. The second-order valence-electron chi connectivity index (χ2n) is 15.3. The van der Waals surface area contributed by atoms with Gasteiger partial charge in [-0.3, -0.25) is 19.2 Å². The molecule has 0 aliphatic heterocycles. The van der Waals surface area contributed by atoms with Crippen molar-refractivity contribution in [1.82, 2.24) is 15.6 Å². The van der Waals surface area contributed by atoms with Gasteiger partial charge in [-0.15, -0.1) is 11.7 Å². The number of unbranched alkanes of at least 4 members (excludes halogenated alkanes) is 2. The van der Waals surface area contributed by atoms with Crippen LogP contribution in [0.3, 0.4) is 0 Å². The number of fused-ring (bicyclic) bond motifs is 1. The van der Waals surface area contributed by atoms with Crippen molar-refractivity contribution in [3.05, 3.63) is 119 Å². The number of ether oxygens (including phenoxy) is 4. The van der Waals surface area contributed by atoms with Gasteiger partial charge in [0.15, 0.2) is 11.6 Å². The molecule has 3 aromatic carbocycles. The summed E-state index contributed by atoms with van der Waals surface area (Å²) < 4.78 is 52.6. The molecule has 1 aliphatic rings. The predicted molar refractivity (Wildman–Crippen MR) is 248 cm³/mol. The minimum atomic E-state index is -3.90. The second kappa shape index (κ2) is 26.7. The Hall–Kier alpha value is -6.18. The SMILES string of the molecule is C=CCc1c(OCCCCCOc2cccc(OCCCC(=O)NCCOCCNC(=O)c3ccc(N=NCc4ccccc4S(O)(O)O)nc3)c2CCC(=O)O)ccc2c1CCCC2=O. The van der Waals surface area contributed by atoms with Gasteiger partial charge in [0.2, 0.25) is 5.91 Å². The average Bonchev–Trinajstić information content (AvgIpc) is 3.30. The standard InChI is InChI=1S/C48H59N5O12S/c1-2-11-38-36-13-8-14-40(54)37(36)20-22-43(38)64-28-7-3-6-27-63-41-15-9-16-42(39(41)21-24-47(56)57)65-29-10-18-46(55)49-25-30-62-31-26-50-48(58)35-19-23-45(51-32-35)53-52-33-34-12-4-5-17-44(34)66(59,60)61/h2,4-5,9,12,15-17,19-20,22-23,32,59-61H,1,3,6-8,10-11,13-14,18,21,24-31,33H2,(H,49,55)(H,50,58)(H,56,57). The number of hydrogen-bond donors (Lipinski definition) is 6. The maximum atomic E-state index is 12.5. The van der Waals surface area contributed by atoms with Crippen molar-refractivity contribution in [3.8, 4) is 17.2 Å². The van der Waals surface area contributed by atoms with Crippen LogP contribution in [0.4, 0.5) is 5.82 Å². The number of carboxylic acids is 1. The highest BCUT2D eigenvalue weighted by atomic mass is 32.3. The van der Waals surface area contributed by atoms with Crippen LogP contribution >= 0.6 is 10.9 Å². The number of pyridine rings is 1. The van der Waals surface area contributed by atoms with E-state index in [0.717, 1.165) is 54.5 Å². The Kier molecular flexibility index (Phi) is 20.6. The number of aromatic nitrogens is 1. The van der Waals surface area contributed by atoms with E-state index < -0.39 is 16.8 Å². The normalized spacial score (nSPS) is 12.6. The molecule has 0 unspecified atom stereocenters. The van der Waals surface area contributed by atoms with E-state index in [1.165, 1.54) is 24.4 Å². The Morgan fingerprint density at radius 3 is 2.15 bits per heavy atom. The van der Waals surface area contributed by atoms with E-state index in [1.54, 1.807) is 36.4 Å². The number of carbonyl (C=O) groups is 4. The summed E-state index contributed by atoms with van der Waals surface area (Å²) in [5.41, 5.74) is 4.30. The first kappa shape index (κ1) is 50.8. The summed E-state index contributed by atoms with van der Waals surface area (Å²) >= 11 is 0. The van der Waals surface area contributed by atoms with Crippen molar-refractivity contribution in [3.63, 3.8) is 0 Å². The van der Waals surface area contributed by atoms with Crippen molar-refractivity contribution >= 4 is 40.3 Å². The van der Waals surface area contributed by atoms with Crippen LogP contribution in [0.15, 0.2) is 101 Å². The Bertz CT molecular complexity index is 2280. The van der Waals surface area contributed by atoms with Gasteiger partial charge in [0.05, 0.1) is 50.0 Å². The first-order chi connectivity index (χ1) is 31.9. The van der Waals surface area contributed by atoms with Crippen LogP contribution in [-0.2, 0) is 40.1 Å². The van der Waals surface area contributed by atoms with Crippen LogP contribution in [0.5, 0.6) is 17.2 Å². The van der Waals surface area contributed by atoms with E-state index in [-0.39, 0.29) is 87.0 Å². The highest BCUT2D eigenvalue weighted by Gasteiger charge is 2.22. The Morgan fingerprint density at radius 1 is 0.773 bits per heavy atom. The zero-order valence-corrected chi connectivity index (χ0v) is 37.8. The van der Waals surface area contributed by atoms with E-state index >= 15 is 0 Å². The number of carbonyl (C=O) groups excluding carboxylic acids is 3. The minimum absolute atomic E-state index is 0.0232. The lowest BCUT2D eigenvalue weighted by Gasteiger charge is -2.21. The lowest BCUT2D eigenvalue weighted by atomic mass is 9.86. The quantitative estimate of drug-likeness (QED) is 0.0170. The van der Waals surface area contributed by atoms with Gasteiger partial charge in [0, 0.05) is 55.2 Å². The number of carboxylic acid groups (broad SMARTS) is 1. The number of benzene rings is 3. The minimum Gasteiger partial charge on any atom is -0.493 e. The van der Waals surface area contributed by atoms with Gasteiger partial charge in [-0.05, 0) is 105 Å². The van der Waals surface area contributed by atoms with Crippen molar-refractivity contribution in [2.24, 2.45) is 10.2 Å². The molecule has 1 heterocycles. The summed E-state index contributed by atoms with van der Waals surface area (Å²) in [6.45, 7) is 6.03. The Labute approximate surface area is 386 Å². The number of ketones is 1. The van der Waals surface area contributed by atoms with Crippen molar-refractivity contribution in [1.29, 1.82) is 0 Å². The van der Waals surface area contributed by atoms with Gasteiger partial charge in [-0.2, -0.15) is 5.11 Å². The topological polar surface area (TPSA) is 248 Å². The maximum Gasteiger partial charge on any atom is 0.303 e. The Balaban J connectivity index is 0.932. The number of nitrogens with one attached hydrogen (secondary N) is 2. The Morgan fingerprint density at radius 2 is 1.47 bits per heavy atom. The molecule has 18 heteroatoms. The molecule has 0 spiro atoms. The average molecular weight is 930 g/mol. The van der Waals surface area contributed by atoms with Crippen molar-refractivity contribution in [2.45, 2.75) is 82.1 Å². The third-order valence-electron chi connectivity index (χ3n) is 10.4. The van der Waals surface area contributed by atoms with E-state index in [2.05, 4.69) is 32.4 Å². The molecule has 2 amide bonds. The number of nitrogens with zero attached hydrogens (tertiary/aromatic N) is 3. The van der Waals surface area contributed by atoms with Gasteiger partial charge in [0.25, 0.3) is 5.91 Å². The van der Waals surface area contributed by atoms with Crippen molar-refractivity contribution < 1.29 is 56.9 Å². The maximum absolute atomic E-state index is 12.5. The van der Waals surface area contributed by atoms with Crippen LogP contribution in [-0.4, -0.2) is 93.4 Å². The third kappa shape index (κ3) is 16.4. The van der Waals surface area contributed by atoms with E-state index in [0.29, 0.717) is 60.7 Å². The number of allylic oxidation sites excluding steroid dienone is 1. The summed E-state index contributed by atoms with van der Waals surface area (Å²) in [4.78, 5) is 52.9. The highest BCUT2D eigenvalue weighted by Crippen LogP contribution is 2.45. The first-order valence-electron chi connectivity index (χ1n) is 22.0. The highest BCUT2D eigenvalue weighted by molar-refractivity contribution is 8.19. The van der Waals surface area contributed by atoms with Gasteiger partial charge in [-0.25, -0.2) is 4.98 Å². The summed E-state index contributed by atoms with van der Waals surface area (Å²) in [6, 6.07) is 18.4. The number of hydrogen-bond acceptors (Lipinski definition) is 14. The monoisotopic (exact) mass is 929 g/mol. The van der Waals surface area contributed by atoms with Gasteiger partial charge in [-0.1, -0.05) is 30.3 Å². The third-order valence-corrected chi connectivity index (χ3v) is 11.4. The molecule has 5 rings (SSSR count). The van der Waals surface area contributed by atoms with Gasteiger partial charge >= 0.3 is 5.97 Å². The van der Waals surface area contributed by atoms with Crippen molar-refractivity contribution in [2.75, 3.05) is 46.1 Å². The molecule has 17 nitrogen and oxygen atoms in total. The summed E-state index contributed by atoms with van der Waals surface area (Å²) in [5, 5.41) is 22.9. The second-order valence-corrected chi connectivity index (χ2v) is 16.8. The molecule has 1 aliphatic carbocycles. The summed E-state index contributed by atoms with van der Waals surface area (Å²) in [5.74, 6) is 0.835. The van der Waals surface area contributed by atoms with Crippen LogP contribution in [0.2, 0.25) is 0 Å².